The van der Waals surface area contributed by atoms with Gasteiger partial charge in [0, 0.05) is 62.0 Å². The highest BCUT2D eigenvalue weighted by atomic mass is 35.5. The van der Waals surface area contributed by atoms with Crippen LogP contribution in [0.25, 0.3) is 0 Å². The molecule has 1 aromatic carbocycles. The summed E-state index contributed by atoms with van der Waals surface area (Å²) < 4.78 is 7.46. The maximum atomic E-state index is 12.9. The molecule has 7 nitrogen and oxygen atoms in total. The summed E-state index contributed by atoms with van der Waals surface area (Å²) in [6.45, 7) is 4.58. The molecule has 0 atom stereocenters. The molecule has 2 amide bonds. The van der Waals surface area contributed by atoms with Gasteiger partial charge in [-0.2, -0.15) is 5.10 Å². The van der Waals surface area contributed by atoms with Crippen LogP contribution in [0.5, 0.6) is 5.75 Å². The molecule has 2 aromatic rings. The lowest BCUT2D eigenvalue weighted by Crippen LogP contribution is -2.74. The molecule has 1 aromatic heterocycles. The molecule has 1 spiro atoms. The highest BCUT2D eigenvalue weighted by Crippen LogP contribution is 2.43. The van der Waals surface area contributed by atoms with E-state index < -0.39 is 0 Å². The van der Waals surface area contributed by atoms with Crippen LogP contribution in [0.3, 0.4) is 0 Å². The molecule has 0 radical (unpaired) electrons. The molecular weight excluding hydrogens is 354 g/mol. The van der Waals surface area contributed by atoms with Crippen LogP contribution >= 0.6 is 11.6 Å². The maximum absolute atomic E-state index is 12.9. The smallest absolute Gasteiger partial charge is 0.324 e. The second-order valence-electron chi connectivity index (χ2n) is 7.45. The number of benzene rings is 1. The molecular formula is C18H20ClN5O2. The van der Waals surface area contributed by atoms with E-state index in [1.165, 1.54) is 0 Å². The summed E-state index contributed by atoms with van der Waals surface area (Å²) in [5, 5.41) is 5.06. The van der Waals surface area contributed by atoms with E-state index in [1.807, 2.05) is 35.0 Å². The van der Waals surface area contributed by atoms with Crippen molar-refractivity contribution >= 4 is 29.1 Å². The summed E-state index contributed by atoms with van der Waals surface area (Å²) in [4.78, 5) is 18.9. The lowest BCUT2D eigenvalue weighted by atomic mass is 9.73. The summed E-state index contributed by atoms with van der Waals surface area (Å²) in [5.41, 5.74) is 1.03. The monoisotopic (exact) mass is 373 g/mol. The van der Waals surface area contributed by atoms with Crippen LogP contribution in [0.2, 0.25) is 5.02 Å². The molecule has 0 unspecified atom stereocenters. The number of fused-ring (bicyclic) bond motifs is 1. The number of anilines is 2. The number of nitrogens with zero attached hydrogens (tertiary/aromatic N) is 5. The van der Waals surface area contributed by atoms with E-state index in [-0.39, 0.29) is 11.4 Å². The fourth-order valence-electron chi connectivity index (χ4n) is 4.16. The number of carbonyl (C=O) groups is 1. The van der Waals surface area contributed by atoms with E-state index in [2.05, 4.69) is 10.00 Å². The van der Waals surface area contributed by atoms with Crippen LogP contribution in [-0.2, 0) is 7.05 Å². The Morgan fingerprint density at radius 2 is 2.04 bits per heavy atom. The Morgan fingerprint density at radius 3 is 2.77 bits per heavy atom. The third kappa shape index (κ3) is 2.41. The molecule has 0 N–H and O–H groups in total. The topological polar surface area (TPSA) is 53.8 Å². The Labute approximate surface area is 156 Å². The molecule has 4 heterocycles. The normalized spacial score (nSPS) is 20.3. The fourth-order valence-corrected chi connectivity index (χ4v) is 4.32. The van der Waals surface area contributed by atoms with E-state index in [1.54, 1.807) is 17.0 Å². The minimum Gasteiger partial charge on any atom is -0.489 e. The second-order valence-corrected chi connectivity index (χ2v) is 7.89. The van der Waals surface area contributed by atoms with Gasteiger partial charge in [-0.15, -0.1) is 0 Å². The number of aromatic nitrogens is 2. The number of likely N-dealkylation sites (tertiary alicyclic amines) is 1. The van der Waals surface area contributed by atoms with Crippen LogP contribution in [0.15, 0.2) is 30.5 Å². The molecule has 26 heavy (non-hydrogen) atoms. The first-order valence-electron chi connectivity index (χ1n) is 8.76. The zero-order valence-corrected chi connectivity index (χ0v) is 15.3. The van der Waals surface area contributed by atoms with Gasteiger partial charge >= 0.3 is 6.03 Å². The number of amides is 2. The Bertz CT molecular complexity index is 868. The Balaban J connectivity index is 1.23. The van der Waals surface area contributed by atoms with E-state index in [9.17, 15) is 4.79 Å². The van der Waals surface area contributed by atoms with E-state index >= 15 is 0 Å². The number of aryl methyl sites for hydroxylation is 1. The first-order valence-corrected chi connectivity index (χ1v) is 9.14. The van der Waals surface area contributed by atoms with Crippen LogP contribution in [0.4, 0.5) is 16.3 Å². The number of halogens is 1. The van der Waals surface area contributed by atoms with Gasteiger partial charge in [-0.1, -0.05) is 11.6 Å². The zero-order valence-electron chi connectivity index (χ0n) is 14.6. The number of hydrogen-bond acceptors (Lipinski definition) is 4. The predicted molar refractivity (Wildman–Crippen MR) is 99.1 cm³/mol. The average molecular weight is 374 g/mol. The van der Waals surface area contributed by atoms with Crippen molar-refractivity contribution in [2.24, 2.45) is 12.5 Å². The quantitative estimate of drug-likeness (QED) is 0.769. The maximum Gasteiger partial charge on any atom is 0.324 e. The Hall–Kier alpha value is -2.41. The van der Waals surface area contributed by atoms with Gasteiger partial charge < -0.3 is 14.5 Å². The van der Waals surface area contributed by atoms with Crippen molar-refractivity contribution in [3.8, 4) is 5.75 Å². The van der Waals surface area contributed by atoms with Gasteiger partial charge in [-0.05, 0) is 12.1 Å². The van der Waals surface area contributed by atoms with E-state index in [0.29, 0.717) is 23.9 Å². The van der Waals surface area contributed by atoms with Gasteiger partial charge in [0.15, 0.2) is 5.82 Å². The average Bonchev–Trinajstić information content (AvgIpc) is 2.97. The largest absolute Gasteiger partial charge is 0.489 e. The minimum atomic E-state index is 0.0544. The van der Waals surface area contributed by atoms with Crippen LogP contribution in [-0.4, -0.2) is 60.0 Å². The van der Waals surface area contributed by atoms with Crippen LogP contribution < -0.4 is 14.5 Å². The molecule has 3 aliphatic heterocycles. The molecule has 136 valence electrons. The standard InChI is InChI=1S/C18H20ClN5O2/c1-21-5-4-16(20-21)22-9-18(10-22)11-23(12-18)17(25)24-6-7-26-15-8-13(19)2-3-14(15)24/h2-5,8H,6-7,9-12H2,1H3. The predicted octanol–water partition coefficient (Wildman–Crippen LogP) is 2.21. The summed E-state index contributed by atoms with van der Waals surface area (Å²) in [6.07, 6.45) is 1.96. The molecule has 3 aliphatic rings. The van der Waals surface area contributed by atoms with Crippen molar-refractivity contribution in [2.75, 3.05) is 49.1 Å². The van der Waals surface area contributed by atoms with Crippen molar-refractivity contribution in [1.82, 2.24) is 14.7 Å². The molecule has 0 saturated carbocycles. The van der Waals surface area contributed by atoms with Crippen LogP contribution in [0, 0.1) is 5.41 Å². The number of rotatable bonds is 1. The summed E-state index contributed by atoms with van der Waals surface area (Å²) in [5.74, 6) is 1.69. The first kappa shape index (κ1) is 15.8. The molecule has 0 bridgehead atoms. The number of ether oxygens (including phenoxy) is 1. The van der Waals surface area contributed by atoms with Gasteiger partial charge in [0.2, 0.25) is 0 Å². The van der Waals surface area contributed by atoms with Crippen molar-refractivity contribution in [3.63, 3.8) is 0 Å². The summed E-state index contributed by atoms with van der Waals surface area (Å²) in [7, 11) is 1.93. The van der Waals surface area contributed by atoms with Crippen molar-refractivity contribution in [3.05, 3.63) is 35.5 Å². The van der Waals surface area contributed by atoms with Gasteiger partial charge in [-0.25, -0.2) is 4.79 Å². The lowest BCUT2D eigenvalue weighted by molar-refractivity contribution is 0.00924. The van der Waals surface area contributed by atoms with Crippen LogP contribution in [0.1, 0.15) is 0 Å². The number of urea groups is 1. The third-order valence-electron chi connectivity index (χ3n) is 5.42. The van der Waals surface area contributed by atoms with Gasteiger partial charge in [0.25, 0.3) is 0 Å². The molecule has 2 saturated heterocycles. The van der Waals surface area contributed by atoms with Crippen molar-refractivity contribution < 1.29 is 9.53 Å². The van der Waals surface area contributed by atoms with Gasteiger partial charge in [0.05, 0.1) is 12.2 Å². The van der Waals surface area contributed by atoms with Gasteiger partial charge in [0.1, 0.15) is 12.4 Å². The molecule has 5 rings (SSSR count). The molecule has 2 fully saturated rings. The summed E-state index contributed by atoms with van der Waals surface area (Å²) >= 11 is 6.03. The van der Waals surface area contributed by atoms with Crippen molar-refractivity contribution in [1.29, 1.82) is 0 Å². The van der Waals surface area contributed by atoms with E-state index in [0.717, 1.165) is 37.7 Å². The number of hydrogen-bond donors (Lipinski definition) is 0. The summed E-state index contributed by atoms with van der Waals surface area (Å²) in [6, 6.07) is 7.51. The second kappa shape index (κ2) is 5.54. The highest BCUT2D eigenvalue weighted by molar-refractivity contribution is 6.30. The highest BCUT2D eigenvalue weighted by Gasteiger charge is 2.54. The SMILES string of the molecule is Cn1ccc(N2CC3(CN(C(=O)N4CCOc5cc(Cl)ccc54)C3)C2)n1. The minimum absolute atomic E-state index is 0.0544. The third-order valence-corrected chi connectivity index (χ3v) is 5.65. The van der Waals surface area contributed by atoms with Crippen molar-refractivity contribution in [2.45, 2.75) is 0 Å². The Kier molecular flexibility index (Phi) is 3.37. The Morgan fingerprint density at radius 1 is 1.23 bits per heavy atom. The fraction of sp³-hybridized carbons (Fsp3) is 0.444. The van der Waals surface area contributed by atoms with Gasteiger partial charge in [-0.3, -0.25) is 9.58 Å². The zero-order chi connectivity index (χ0) is 17.9. The molecule has 0 aliphatic carbocycles. The van der Waals surface area contributed by atoms with E-state index in [4.69, 9.17) is 16.3 Å². The lowest BCUT2D eigenvalue weighted by Gasteiger charge is -2.60. The first-order chi connectivity index (χ1) is 12.5. The number of carbonyl (C=O) groups excluding carboxylic acids is 1. The molecule has 8 heteroatoms.